The lowest BCUT2D eigenvalue weighted by molar-refractivity contribution is -0.119. The van der Waals surface area contributed by atoms with Gasteiger partial charge in [-0.3, -0.25) is 9.36 Å². The van der Waals surface area contributed by atoms with Crippen molar-refractivity contribution in [3.05, 3.63) is 84.5 Å². The van der Waals surface area contributed by atoms with Crippen molar-refractivity contribution in [1.29, 1.82) is 0 Å². The third kappa shape index (κ3) is 7.18. The first-order valence-corrected chi connectivity index (χ1v) is 11.8. The molecule has 1 atom stereocenters. The molecule has 0 fully saturated rings. The lowest BCUT2D eigenvalue weighted by Gasteiger charge is -2.21. The summed E-state index contributed by atoms with van der Waals surface area (Å²) in [6.45, 7) is 8.56. The van der Waals surface area contributed by atoms with E-state index < -0.39 is 5.82 Å². The molecule has 0 aliphatic carbocycles. The predicted molar refractivity (Wildman–Crippen MR) is 128 cm³/mol. The fraction of sp³-hybridized carbons (Fsp3) is 0.320. The second-order valence-corrected chi connectivity index (χ2v) is 8.91. The van der Waals surface area contributed by atoms with Crippen LogP contribution in [0.15, 0.2) is 72.4 Å². The Balaban J connectivity index is 1.63. The number of para-hydroxylation sites is 1. The summed E-state index contributed by atoms with van der Waals surface area (Å²) >= 11 is 1.30. The van der Waals surface area contributed by atoms with Gasteiger partial charge in [0.05, 0.1) is 11.8 Å². The summed E-state index contributed by atoms with van der Waals surface area (Å²) in [5.41, 5.74) is 1.09. The van der Waals surface area contributed by atoms with Crippen LogP contribution in [0, 0.1) is 11.7 Å². The number of nitrogens with zero attached hydrogens (tertiary/aromatic N) is 3. The van der Waals surface area contributed by atoms with Crippen molar-refractivity contribution < 1.29 is 13.9 Å². The number of thioether (sulfide) groups is 1. The van der Waals surface area contributed by atoms with Gasteiger partial charge in [-0.2, -0.15) is 0 Å². The van der Waals surface area contributed by atoms with Crippen molar-refractivity contribution in [3.63, 3.8) is 0 Å². The zero-order chi connectivity index (χ0) is 23.6. The van der Waals surface area contributed by atoms with E-state index in [-0.39, 0.29) is 30.1 Å². The molecule has 0 radical (unpaired) electrons. The van der Waals surface area contributed by atoms with Crippen LogP contribution in [0.1, 0.15) is 37.7 Å². The monoisotopic (exact) mass is 468 g/mol. The second kappa shape index (κ2) is 12.2. The molecule has 1 aromatic heterocycles. The Morgan fingerprint density at radius 1 is 1.18 bits per heavy atom. The lowest BCUT2D eigenvalue weighted by Crippen LogP contribution is -2.31. The third-order valence-corrected chi connectivity index (χ3v) is 5.84. The number of halogens is 1. The number of hydrogen-bond donors (Lipinski definition) is 1. The summed E-state index contributed by atoms with van der Waals surface area (Å²) < 4.78 is 21.2. The highest BCUT2D eigenvalue weighted by molar-refractivity contribution is 7.99. The number of benzene rings is 2. The molecular formula is C25H29FN4O2S. The van der Waals surface area contributed by atoms with Gasteiger partial charge < -0.3 is 10.1 Å². The van der Waals surface area contributed by atoms with Crippen molar-refractivity contribution >= 4 is 17.7 Å². The van der Waals surface area contributed by atoms with Gasteiger partial charge in [0.25, 0.3) is 0 Å². The highest BCUT2D eigenvalue weighted by atomic mass is 32.2. The van der Waals surface area contributed by atoms with E-state index in [9.17, 15) is 9.18 Å². The summed E-state index contributed by atoms with van der Waals surface area (Å²) in [6, 6.07) is 16.1. The molecule has 3 rings (SSSR count). The minimum Gasteiger partial charge on any atom is -0.483 e. The maximum Gasteiger partial charge on any atom is 0.230 e. The van der Waals surface area contributed by atoms with Crippen molar-refractivity contribution in [1.82, 2.24) is 20.1 Å². The van der Waals surface area contributed by atoms with Gasteiger partial charge in [0.2, 0.25) is 5.91 Å². The molecule has 3 aromatic rings. The van der Waals surface area contributed by atoms with E-state index in [0.29, 0.717) is 23.4 Å². The van der Waals surface area contributed by atoms with E-state index >= 15 is 0 Å². The van der Waals surface area contributed by atoms with Gasteiger partial charge in [0.1, 0.15) is 6.61 Å². The summed E-state index contributed by atoms with van der Waals surface area (Å²) in [4.78, 5) is 12.7. The summed E-state index contributed by atoms with van der Waals surface area (Å²) in [5.74, 6) is 0.806. The molecule has 174 valence electrons. The maximum absolute atomic E-state index is 13.8. The van der Waals surface area contributed by atoms with Crippen LogP contribution in [0.3, 0.4) is 0 Å². The molecule has 6 nitrogen and oxygen atoms in total. The van der Waals surface area contributed by atoms with Gasteiger partial charge >= 0.3 is 0 Å². The van der Waals surface area contributed by atoms with Gasteiger partial charge in [-0.15, -0.1) is 16.8 Å². The van der Waals surface area contributed by atoms with Gasteiger partial charge in [-0.1, -0.05) is 74.1 Å². The molecule has 0 bridgehead atoms. The molecule has 0 aliphatic heterocycles. The average molecular weight is 469 g/mol. The number of carbonyl (C=O) groups excluding carboxylic acids is 1. The normalized spacial score (nSPS) is 11.9. The van der Waals surface area contributed by atoms with Crippen molar-refractivity contribution in [3.8, 4) is 5.75 Å². The van der Waals surface area contributed by atoms with Crippen LogP contribution in [-0.2, 0) is 17.9 Å². The molecule has 1 amide bonds. The van der Waals surface area contributed by atoms with Crippen LogP contribution < -0.4 is 10.1 Å². The number of rotatable bonds is 12. The van der Waals surface area contributed by atoms with Crippen LogP contribution in [-0.4, -0.2) is 26.4 Å². The highest BCUT2D eigenvalue weighted by Gasteiger charge is 2.18. The molecule has 0 aliphatic rings. The first kappa shape index (κ1) is 24.5. The van der Waals surface area contributed by atoms with Crippen LogP contribution in [0.4, 0.5) is 4.39 Å². The summed E-state index contributed by atoms with van der Waals surface area (Å²) in [6.07, 6.45) is 2.57. The maximum atomic E-state index is 13.8. The SMILES string of the molecule is C=CCn1c(COc2ccccc2F)nnc1SCC(=O)NC(CC(C)C)c1ccccc1. The van der Waals surface area contributed by atoms with Crippen molar-refractivity contribution in [2.75, 3.05) is 5.75 Å². The van der Waals surface area contributed by atoms with E-state index in [1.165, 1.54) is 17.8 Å². The largest absolute Gasteiger partial charge is 0.483 e. The zero-order valence-electron chi connectivity index (χ0n) is 18.9. The average Bonchev–Trinajstić information content (AvgIpc) is 3.19. The highest BCUT2D eigenvalue weighted by Crippen LogP contribution is 2.23. The number of allylic oxidation sites excluding steroid dienone is 1. The molecule has 0 saturated carbocycles. The van der Waals surface area contributed by atoms with Crippen LogP contribution in [0.25, 0.3) is 0 Å². The molecule has 1 heterocycles. The first-order chi connectivity index (χ1) is 16.0. The lowest BCUT2D eigenvalue weighted by atomic mass is 9.97. The summed E-state index contributed by atoms with van der Waals surface area (Å²) in [7, 11) is 0. The Morgan fingerprint density at radius 3 is 2.61 bits per heavy atom. The van der Waals surface area contributed by atoms with E-state index in [1.807, 2.05) is 34.9 Å². The molecule has 0 saturated heterocycles. The van der Waals surface area contributed by atoms with Gasteiger partial charge in [0.15, 0.2) is 22.5 Å². The Morgan fingerprint density at radius 2 is 1.91 bits per heavy atom. The van der Waals surface area contributed by atoms with Gasteiger partial charge in [-0.05, 0) is 30.0 Å². The number of aromatic nitrogens is 3. The fourth-order valence-corrected chi connectivity index (χ4v) is 4.13. The Bertz CT molecular complexity index is 1060. The molecule has 1 N–H and O–H groups in total. The Kier molecular flexibility index (Phi) is 9.06. The van der Waals surface area contributed by atoms with Crippen LogP contribution >= 0.6 is 11.8 Å². The standard InChI is InChI=1S/C25H29FN4O2S/c1-4-14-30-23(16-32-22-13-9-8-12-20(22)26)28-29-25(30)33-17-24(31)27-21(15-18(2)3)19-10-6-5-7-11-19/h4-13,18,21H,1,14-17H2,2-3H3,(H,27,31). The minimum atomic E-state index is -0.437. The van der Waals surface area contributed by atoms with Crippen molar-refractivity contribution in [2.24, 2.45) is 5.92 Å². The second-order valence-electron chi connectivity index (χ2n) is 7.97. The zero-order valence-corrected chi connectivity index (χ0v) is 19.7. The third-order valence-electron chi connectivity index (χ3n) is 4.88. The first-order valence-electron chi connectivity index (χ1n) is 10.8. The van der Waals surface area contributed by atoms with E-state index in [2.05, 4.69) is 35.9 Å². The fourth-order valence-electron chi connectivity index (χ4n) is 3.35. The number of nitrogens with one attached hydrogen (secondary N) is 1. The molecule has 8 heteroatoms. The van der Waals surface area contributed by atoms with Crippen molar-refractivity contribution in [2.45, 2.75) is 44.6 Å². The molecular weight excluding hydrogens is 439 g/mol. The Labute approximate surface area is 198 Å². The number of carbonyl (C=O) groups is 1. The predicted octanol–water partition coefficient (Wildman–Crippen LogP) is 5.18. The number of ether oxygens (including phenoxy) is 1. The van der Waals surface area contributed by atoms with Crippen LogP contribution in [0.5, 0.6) is 5.75 Å². The molecule has 1 unspecified atom stereocenters. The van der Waals surface area contributed by atoms with Gasteiger partial charge in [-0.25, -0.2) is 4.39 Å². The van der Waals surface area contributed by atoms with Crippen LogP contribution in [0.2, 0.25) is 0 Å². The molecule has 0 spiro atoms. The smallest absolute Gasteiger partial charge is 0.230 e. The quantitative estimate of drug-likeness (QED) is 0.293. The van der Waals surface area contributed by atoms with E-state index in [4.69, 9.17) is 4.74 Å². The molecule has 2 aromatic carbocycles. The topological polar surface area (TPSA) is 69.0 Å². The van der Waals surface area contributed by atoms with E-state index in [1.54, 1.807) is 24.3 Å². The van der Waals surface area contributed by atoms with Gasteiger partial charge in [0, 0.05) is 6.54 Å². The minimum absolute atomic E-state index is 0.0462. The number of hydrogen-bond acceptors (Lipinski definition) is 5. The Hall–Kier alpha value is -3.13. The van der Waals surface area contributed by atoms with E-state index in [0.717, 1.165) is 12.0 Å². The molecule has 33 heavy (non-hydrogen) atoms. The number of amides is 1. The summed E-state index contributed by atoms with van der Waals surface area (Å²) in [5, 5.41) is 12.1.